The van der Waals surface area contributed by atoms with Gasteiger partial charge >= 0.3 is 0 Å². The van der Waals surface area contributed by atoms with Crippen LogP contribution in [0.4, 0.5) is 0 Å². The number of hydrogen-bond donors (Lipinski definition) is 1. The highest BCUT2D eigenvalue weighted by Crippen LogP contribution is 2.18. The van der Waals surface area contributed by atoms with Crippen LogP contribution in [-0.2, 0) is 23.1 Å². The molecule has 1 unspecified atom stereocenters. The number of rotatable bonds is 6. The summed E-state index contributed by atoms with van der Waals surface area (Å²) < 4.78 is 18.1. The van der Waals surface area contributed by atoms with Crippen LogP contribution in [0.3, 0.4) is 0 Å². The third kappa shape index (κ3) is 4.29. The zero-order valence-corrected chi connectivity index (χ0v) is 15.6. The van der Waals surface area contributed by atoms with Gasteiger partial charge in [0, 0.05) is 11.4 Å². The van der Waals surface area contributed by atoms with E-state index < -0.39 is 10.8 Å². The molecule has 1 atom stereocenters. The van der Waals surface area contributed by atoms with Crippen LogP contribution in [0.25, 0.3) is 0 Å². The van der Waals surface area contributed by atoms with Crippen molar-refractivity contribution in [2.75, 3.05) is 0 Å². The molecule has 134 valence electrons. The van der Waals surface area contributed by atoms with E-state index in [1.165, 1.54) is 0 Å². The molecule has 0 bridgehead atoms. The van der Waals surface area contributed by atoms with Gasteiger partial charge in [0.2, 0.25) is 0 Å². The number of amides is 1. The molecule has 3 aromatic rings. The predicted octanol–water partition coefficient (Wildman–Crippen LogP) is 4.13. The molecule has 0 aliphatic carbocycles. The fourth-order valence-electron chi connectivity index (χ4n) is 2.67. The summed E-state index contributed by atoms with van der Waals surface area (Å²) in [7, 11) is -1.21. The standard InChI is InChI=1S/C21H21NO3S/c1-15-7-3-5-9-17(15)13-22-21(23)19-12-11-18(25-19)14-26(24)20-10-6-4-8-16(20)2/h3-12H,13-14H2,1-2H3,(H,22,23). The van der Waals surface area contributed by atoms with Gasteiger partial charge in [-0.25, -0.2) is 0 Å². The molecule has 1 amide bonds. The molecule has 2 aromatic carbocycles. The summed E-state index contributed by atoms with van der Waals surface area (Å²) in [6, 6.07) is 18.8. The van der Waals surface area contributed by atoms with Gasteiger partial charge in [0.05, 0.1) is 16.6 Å². The van der Waals surface area contributed by atoms with Crippen LogP contribution in [0.5, 0.6) is 0 Å². The van der Waals surface area contributed by atoms with Crippen molar-refractivity contribution >= 4 is 16.7 Å². The lowest BCUT2D eigenvalue weighted by Crippen LogP contribution is -2.22. The Bertz CT molecular complexity index is 946. The summed E-state index contributed by atoms with van der Waals surface area (Å²) in [6.45, 7) is 4.38. The van der Waals surface area contributed by atoms with Crippen LogP contribution in [0.1, 0.15) is 33.0 Å². The highest BCUT2D eigenvalue weighted by atomic mass is 32.2. The van der Waals surface area contributed by atoms with Crippen LogP contribution in [0.2, 0.25) is 0 Å². The maximum absolute atomic E-state index is 12.5. The number of hydrogen-bond acceptors (Lipinski definition) is 3. The molecule has 1 N–H and O–H groups in total. The lowest BCUT2D eigenvalue weighted by Gasteiger charge is -2.06. The topological polar surface area (TPSA) is 59.3 Å². The van der Waals surface area contributed by atoms with E-state index in [1.807, 2.05) is 62.4 Å². The van der Waals surface area contributed by atoms with Crippen LogP contribution < -0.4 is 5.32 Å². The van der Waals surface area contributed by atoms with Gasteiger partial charge in [0.15, 0.2) is 5.76 Å². The smallest absolute Gasteiger partial charge is 0.287 e. The van der Waals surface area contributed by atoms with Crippen LogP contribution >= 0.6 is 0 Å². The lowest BCUT2D eigenvalue weighted by molar-refractivity contribution is 0.0921. The molecule has 5 heteroatoms. The average molecular weight is 367 g/mol. The minimum Gasteiger partial charge on any atom is -0.455 e. The Kier molecular flexibility index (Phi) is 5.68. The Morgan fingerprint density at radius 2 is 1.65 bits per heavy atom. The van der Waals surface area contributed by atoms with Crippen molar-refractivity contribution in [2.45, 2.75) is 31.0 Å². The summed E-state index contributed by atoms with van der Waals surface area (Å²) in [5.74, 6) is 0.736. The monoisotopic (exact) mass is 367 g/mol. The molecular formula is C21H21NO3S. The molecule has 4 nitrogen and oxygen atoms in total. The first-order chi connectivity index (χ1) is 12.5. The van der Waals surface area contributed by atoms with Gasteiger partial charge in [-0.2, -0.15) is 0 Å². The SMILES string of the molecule is Cc1ccccc1CNC(=O)c1ccc(CS(=O)c2ccccc2C)o1. The van der Waals surface area contributed by atoms with Gasteiger partial charge in [-0.05, 0) is 48.7 Å². The highest BCUT2D eigenvalue weighted by Gasteiger charge is 2.14. The molecule has 0 spiro atoms. The van der Waals surface area contributed by atoms with E-state index in [0.29, 0.717) is 12.3 Å². The Morgan fingerprint density at radius 1 is 0.962 bits per heavy atom. The second-order valence-corrected chi connectivity index (χ2v) is 7.55. The van der Waals surface area contributed by atoms with Crippen LogP contribution in [0, 0.1) is 13.8 Å². The Labute approximate surface area is 155 Å². The van der Waals surface area contributed by atoms with Crippen molar-refractivity contribution in [2.24, 2.45) is 0 Å². The van der Waals surface area contributed by atoms with Crippen molar-refractivity contribution in [3.63, 3.8) is 0 Å². The Morgan fingerprint density at radius 3 is 2.38 bits per heavy atom. The number of carbonyl (C=O) groups is 1. The minimum absolute atomic E-state index is 0.232. The maximum atomic E-state index is 12.5. The van der Waals surface area contributed by atoms with Gasteiger partial charge in [-0.3, -0.25) is 9.00 Å². The molecule has 3 rings (SSSR count). The van der Waals surface area contributed by atoms with Crippen molar-refractivity contribution in [3.8, 4) is 0 Å². The predicted molar refractivity (Wildman–Crippen MR) is 102 cm³/mol. The zero-order chi connectivity index (χ0) is 18.5. The summed E-state index contributed by atoms with van der Waals surface area (Å²) in [5, 5.41) is 2.85. The quantitative estimate of drug-likeness (QED) is 0.712. The lowest BCUT2D eigenvalue weighted by atomic mass is 10.1. The number of benzene rings is 2. The second kappa shape index (κ2) is 8.15. The van der Waals surface area contributed by atoms with Crippen molar-refractivity contribution in [3.05, 3.63) is 88.9 Å². The number of furan rings is 1. The van der Waals surface area contributed by atoms with E-state index in [0.717, 1.165) is 21.6 Å². The second-order valence-electron chi connectivity index (χ2n) is 6.13. The largest absolute Gasteiger partial charge is 0.455 e. The molecule has 0 aliphatic rings. The first-order valence-electron chi connectivity index (χ1n) is 8.40. The molecule has 1 heterocycles. The Balaban J connectivity index is 1.62. The fourth-order valence-corrected chi connectivity index (χ4v) is 3.89. The highest BCUT2D eigenvalue weighted by molar-refractivity contribution is 7.84. The molecule has 0 saturated heterocycles. The van der Waals surface area contributed by atoms with Gasteiger partial charge in [-0.15, -0.1) is 0 Å². The van der Waals surface area contributed by atoms with Crippen molar-refractivity contribution in [1.29, 1.82) is 0 Å². The number of nitrogens with one attached hydrogen (secondary N) is 1. The van der Waals surface area contributed by atoms with Gasteiger partial charge < -0.3 is 9.73 Å². The minimum atomic E-state index is -1.21. The molecule has 0 radical (unpaired) electrons. The molecule has 1 aromatic heterocycles. The summed E-state index contributed by atoms with van der Waals surface area (Å²) in [6.07, 6.45) is 0. The van der Waals surface area contributed by atoms with Crippen molar-refractivity contribution in [1.82, 2.24) is 5.32 Å². The summed E-state index contributed by atoms with van der Waals surface area (Å²) in [4.78, 5) is 13.1. The normalized spacial score (nSPS) is 11.9. The summed E-state index contributed by atoms with van der Waals surface area (Å²) in [5.41, 5.74) is 3.17. The third-order valence-corrected chi connectivity index (χ3v) is 5.69. The Hall–Kier alpha value is -2.66. The van der Waals surface area contributed by atoms with Crippen molar-refractivity contribution < 1.29 is 13.4 Å². The van der Waals surface area contributed by atoms with Gasteiger partial charge in [0.25, 0.3) is 5.91 Å². The van der Waals surface area contributed by atoms with E-state index in [9.17, 15) is 9.00 Å². The van der Waals surface area contributed by atoms with E-state index >= 15 is 0 Å². The van der Waals surface area contributed by atoms with E-state index in [2.05, 4.69) is 5.32 Å². The maximum Gasteiger partial charge on any atom is 0.287 e. The van der Waals surface area contributed by atoms with E-state index in [4.69, 9.17) is 4.42 Å². The zero-order valence-electron chi connectivity index (χ0n) is 14.8. The van der Waals surface area contributed by atoms with Gasteiger partial charge in [0.1, 0.15) is 5.76 Å². The van der Waals surface area contributed by atoms with E-state index in [-0.39, 0.29) is 17.4 Å². The molecule has 0 aliphatic heterocycles. The first-order valence-corrected chi connectivity index (χ1v) is 9.72. The average Bonchev–Trinajstić information content (AvgIpc) is 3.09. The molecule has 0 fully saturated rings. The number of carbonyl (C=O) groups excluding carboxylic acids is 1. The summed E-state index contributed by atoms with van der Waals surface area (Å²) >= 11 is 0. The number of aryl methyl sites for hydroxylation is 2. The fraction of sp³-hybridized carbons (Fsp3) is 0.190. The molecule has 0 saturated carbocycles. The van der Waals surface area contributed by atoms with Crippen LogP contribution in [0.15, 0.2) is 70.0 Å². The first kappa shape index (κ1) is 18.1. The molecule has 26 heavy (non-hydrogen) atoms. The third-order valence-electron chi connectivity index (χ3n) is 4.20. The van der Waals surface area contributed by atoms with Gasteiger partial charge in [-0.1, -0.05) is 42.5 Å². The van der Waals surface area contributed by atoms with E-state index in [1.54, 1.807) is 12.1 Å². The molecular weight excluding hydrogens is 346 g/mol. The van der Waals surface area contributed by atoms with Crippen LogP contribution in [-0.4, -0.2) is 10.1 Å².